The molecule has 1 aromatic carbocycles. The van der Waals surface area contributed by atoms with Gasteiger partial charge in [-0.05, 0) is 26.0 Å². The number of thioether (sulfide) groups is 1. The summed E-state index contributed by atoms with van der Waals surface area (Å²) >= 11 is 1.50. The minimum absolute atomic E-state index is 0.0342. The Morgan fingerprint density at radius 2 is 2.20 bits per heavy atom. The Hall–Kier alpha value is -2.15. The highest BCUT2D eigenvalue weighted by Crippen LogP contribution is 2.39. The zero-order chi connectivity index (χ0) is 17.8. The molecule has 7 heteroatoms. The second-order valence-corrected chi connectivity index (χ2v) is 6.67. The van der Waals surface area contributed by atoms with Crippen molar-refractivity contribution in [1.29, 1.82) is 0 Å². The topological polar surface area (TPSA) is 65.1 Å². The molecule has 0 aliphatic carbocycles. The maximum atomic E-state index is 12.2. The summed E-state index contributed by atoms with van der Waals surface area (Å²) in [4.78, 5) is 25.5. The molecule has 25 heavy (non-hydrogen) atoms. The van der Waals surface area contributed by atoms with Gasteiger partial charge in [0.15, 0.2) is 11.5 Å². The van der Waals surface area contributed by atoms with Crippen LogP contribution >= 0.6 is 11.8 Å². The number of rotatable bonds is 6. The fourth-order valence-corrected chi connectivity index (χ4v) is 4.08. The fourth-order valence-electron chi connectivity index (χ4n) is 2.89. The van der Waals surface area contributed by atoms with Crippen molar-refractivity contribution >= 4 is 29.7 Å². The number of nitrogens with zero attached hydrogens (tertiary/aromatic N) is 1. The predicted molar refractivity (Wildman–Crippen MR) is 95.7 cm³/mol. The maximum absolute atomic E-state index is 12.2. The van der Waals surface area contributed by atoms with Gasteiger partial charge in [0.05, 0.1) is 19.0 Å². The molecule has 2 aliphatic rings. The second kappa shape index (κ2) is 7.82. The number of carbonyl (C=O) groups excluding carboxylic acids is 2. The molecular formula is C18H21NO5S. The normalized spacial score (nSPS) is 19.1. The third-order valence-corrected chi connectivity index (χ3v) is 5.21. The monoisotopic (exact) mass is 363 g/mol. The van der Waals surface area contributed by atoms with E-state index in [0.29, 0.717) is 31.3 Å². The van der Waals surface area contributed by atoms with Gasteiger partial charge < -0.3 is 19.1 Å². The van der Waals surface area contributed by atoms with Crippen LogP contribution in [0.3, 0.4) is 0 Å². The summed E-state index contributed by atoms with van der Waals surface area (Å²) in [6.07, 6.45) is 2.02. The Morgan fingerprint density at radius 3 is 2.96 bits per heavy atom. The quantitative estimate of drug-likeness (QED) is 0.723. The highest BCUT2D eigenvalue weighted by Gasteiger charge is 2.37. The molecule has 0 radical (unpaired) electrons. The lowest BCUT2D eigenvalue weighted by Gasteiger charge is -2.28. The molecule has 3 rings (SSSR count). The van der Waals surface area contributed by atoms with Crippen LogP contribution in [0.1, 0.15) is 19.4 Å². The van der Waals surface area contributed by atoms with Crippen LogP contribution in [0.25, 0.3) is 6.08 Å². The van der Waals surface area contributed by atoms with Gasteiger partial charge in [0.25, 0.3) is 0 Å². The van der Waals surface area contributed by atoms with Gasteiger partial charge in [-0.15, -0.1) is 11.8 Å². The zero-order valence-electron chi connectivity index (χ0n) is 14.3. The number of amides is 1. The standard InChI is InChI=1S/C18H21NO5S/c1-3-22-14-7-5-6-12-8-13(10-24-17(12)14)18-19(15(20)11-25-18)9-16(21)23-4-2/h5-8,18H,3-4,9-11H2,1-2H3. The first-order chi connectivity index (χ1) is 12.1. The van der Waals surface area contributed by atoms with Gasteiger partial charge in [0, 0.05) is 11.1 Å². The molecule has 6 nitrogen and oxygen atoms in total. The van der Waals surface area contributed by atoms with Gasteiger partial charge in [-0.1, -0.05) is 12.1 Å². The van der Waals surface area contributed by atoms with Crippen LogP contribution in [0.4, 0.5) is 0 Å². The van der Waals surface area contributed by atoms with E-state index in [1.807, 2.05) is 31.2 Å². The molecule has 2 aliphatic heterocycles. The van der Waals surface area contributed by atoms with Crippen molar-refractivity contribution < 1.29 is 23.8 Å². The van der Waals surface area contributed by atoms with Crippen molar-refractivity contribution in [3.63, 3.8) is 0 Å². The molecular weight excluding hydrogens is 342 g/mol. The minimum atomic E-state index is -0.389. The largest absolute Gasteiger partial charge is 0.490 e. The first kappa shape index (κ1) is 17.7. The summed E-state index contributed by atoms with van der Waals surface area (Å²) in [5, 5.41) is -0.208. The lowest BCUT2D eigenvalue weighted by atomic mass is 10.1. The third kappa shape index (κ3) is 3.76. The third-order valence-electron chi connectivity index (χ3n) is 3.92. The zero-order valence-corrected chi connectivity index (χ0v) is 15.1. The number of hydrogen-bond acceptors (Lipinski definition) is 6. The summed E-state index contributed by atoms with van der Waals surface area (Å²) in [5.74, 6) is 1.35. The average Bonchev–Trinajstić information content (AvgIpc) is 2.96. The molecule has 0 N–H and O–H groups in total. The van der Waals surface area contributed by atoms with Crippen LogP contribution in [0.2, 0.25) is 0 Å². The Kier molecular flexibility index (Phi) is 5.53. The van der Waals surface area contributed by atoms with Crippen LogP contribution in [0.5, 0.6) is 11.5 Å². The average molecular weight is 363 g/mol. The van der Waals surface area contributed by atoms with Crippen LogP contribution < -0.4 is 9.47 Å². The summed E-state index contributed by atoms with van der Waals surface area (Å²) in [6, 6.07) is 5.74. The highest BCUT2D eigenvalue weighted by molar-refractivity contribution is 8.01. The van der Waals surface area contributed by atoms with E-state index in [4.69, 9.17) is 14.2 Å². The lowest BCUT2D eigenvalue weighted by Crippen LogP contribution is -2.40. The van der Waals surface area contributed by atoms with Gasteiger partial charge >= 0.3 is 5.97 Å². The number of esters is 1. The van der Waals surface area contributed by atoms with Gasteiger partial charge in [-0.25, -0.2) is 0 Å². The lowest BCUT2D eigenvalue weighted by molar-refractivity contribution is -0.148. The molecule has 1 saturated heterocycles. The smallest absolute Gasteiger partial charge is 0.325 e. The number of carbonyl (C=O) groups is 2. The minimum Gasteiger partial charge on any atom is -0.490 e. The molecule has 0 bridgehead atoms. The SMILES string of the molecule is CCOC(=O)CN1C(=O)CSC1C1=Cc2cccc(OCC)c2OC1. The number of benzene rings is 1. The first-order valence-electron chi connectivity index (χ1n) is 8.29. The van der Waals surface area contributed by atoms with Gasteiger partial charge in [-0.3, -0.25) is 9.59 Å². The van der Waals surface area contributed by atoms with Gasteiger partial charge in [0.1, 0.15) is 18.5 Å². The van der Waals surface area contributed by atoms with E-state index in [1.165, 1.54) is 11.8 Å². The van der Waals surface area contributed by atoms with Crippen LogP contribution in [0.15, 0.2) is 23.8 Å². The molecule has 0 saturated carbocycles. The Labute approximate surface area is 151 Å². The molecule has 0 aromatic heterocycles. The molecule has 1 aromatic rings. The van der Waals surface area contributed by atoms with Gasteiger partial charge in [-0.2, -0.15) is 0 Å². The van der Waals surface area contributed by atoms with E-state index < -0.39 is 0 Å². The van der Waals surface area contributed by atoms with E-state index in [1.54, 1.807) is 11.8 Å². The second-order valence-electron chi connectivity index (χ2n) is 5.61. The summed E-state index contributed by atoms with van der Waals surface area (Å²) in [5.41, 5.74) is 1.88. The van der Waals surface area contributed by atoms with E-state index >= 15 is 0 Å². The van der Waals surface area contributed by atoms with E-state index in [9.17, 15) is 9.59 Å². The molecule has 0 spiro atoms. The maximum Gasteiger partial charge on any atom is 0.325 e. The highest BCUT2D eigenvalue weighted by atomic mass is 32.2. The first-order valence-corrected chi connectivity index (χ1v) is 9.34. The number of fused-ring (bicyclic) bond motifs is 1. The summed E-state index contributed by atoms with van der Waals surface area (Å²) in [7, 11) is 0. The molecule has 2 heterocycles. The molecule has 1 atom stereocenters. The molecule has 1 amide bonds. The van der Waals surface area contributed by atoms with Crippen LogP contribution in [0, 0.1) is 0 Å². The number of ether oxygens (including phenoxy) is 3. The molecule has 134 valence electrons. The van der Waals surface area contributed by atoms with E-state index in [-0.39, 0.29) is 23.8 Å². The van der Waals surface area contributed by atoms with Crippen LogP contribution in [-0.4, -0.2) is 54.3 Å². The van der Waals surface area contributed by atoms with Crippen molar-refractivity contribution in [3.05, 3.63) is 29.3 Å². The Bertz CT molecular complexity index is 703. The van der Waals surface area contributed by atoms with Crippen molar-refractivity contribution in [2.24, 2.45) is 0 Å². The Balaban J connectivity index is 1.82. The Morgan fingerprint density at radius 1 is 1.36 bits per heavy atom. The van der Waals surface area contributed by atoms with Crippen molar-refractivity contribution in [3.8, 4) is 11.5 Å². The van der Waals surface area contributed by atoms with Crippen LogP contribution in [-0.2, 0) is 14.3 Å². The van der Waals surface area contributed by atoms with Crippen molar-refractivity contribution in [1.82, 2.24) is 4.90 Å². The summed E-state index contributed by atoms with van der Waals surface area (Å²) in [6.45, 7) is 4.88. The molecule has 1 fully saturated rings. The van der Waals surface area contributed by atoms with Gasteiger partial charge in [0.2, 0.25) is 5.91 Å². The predicted octanol–water partition coefficient (Wildman–Crippen LogP) is 2.33. The molecule has 1 unspecified atom stereocenters. The summed E-state index contributed by atoms with van der Waals surface area (Å²) < 4.78 is 16.5. The number of para-hydroxylation sites is 1. The van der Waals surface area contributed by atoms with Crippen molar-refractivity contribution in [2.75, 3.05) is 32.1 Å². The van der Waals surface area contributed by atoms with Crippen molar-refractivity contribution in [2.45, 2.75) is 19.2 Å². The van der Waals surface area contributed by atoms with E-state index in [0.717, 1.165) is 16.9 Å². The number of hydrogen-bond donors (Lipinski definition) is 0. The van der Waals surface area contributed by atoms with E-state index in [2.05, 4.69) is 0 Å². The fraction of sp³-hybridized carbons (Fsp3) is 0.444.